The molecule has 0 radical (unpaired) electrons. The van der Waals surface area contributed by atoms with Crippen LogP contribution in [0.4, 0.5) is 0 Å². The second-order valence-corrected chi connectivity index (χ2v) is 7.15. The molecule has 1 aromatic heterocycles. The van der Waals surface area contributed by atoms with Crippen LogP contribution in [0.15, 0.2) is 16.3 Å². The lowest BCUT2D eigenvalue weighted by Gasteiger charge is -2.33. The van der Waals surface area contributed by atoms with Crippen LogP contribution < -0.4 is 0 Å². The molecule has 2 heterocycles. The smallest absolute Gasteiger partial charge is 0.347 e. The van der Waals surface area contributed by atoms with E-state index in [1.165, 1.54) is 22.7 Å². The number of carboxylic acids is 1. The van der Waals surface area contributed by atoms with Crippen molar-refractivity contribution in [2.45, 2.75) is 11.8 Å². The van der Waals surface area contributed by atoms with Crippen molar-refractivity contribution in [1.82, 2.24) is 9.21 Å². The number of sulfonamides is 1. The summed E-state index contributed by atoms with van der Waals surface area (Å²) in [6, 6.07) is 1.31. The molecule has 1 aliphatic rings. The predicted molar refractivity (Wildman–Crippen MR) is 72.3 cm³/mol. The number of hydrogen-bond acceptors (Lipinski definition) is 5. The fraction of sp³-hybridized carbons (Fsp3) is 0.455. The lowest BCUT2D eigenvalue weighted by molar-refractivity contribution is -0.129. The number of amides is 1. The van der Waals surface area contributed by atoms with Crippen LogP contribution in [0.1, 0.15) is 16.6 Å². The predicted octanol–water partition coefficient (Wildman–Crippen LogP) is 0.299. The Labute approximate surface area is 120 Å². The minimum Gasteiger partial charge on any atom is -0.477 e. The molecule has 0 saturated carbocycles. The van der Waals surface area contributed by atoms with Gasteiger partial charge in [-0.2, -0.15) is 4.31 Å². The first-order valence-electron chi connectivity index (χ1n) is 5.90. The monoisotopic (exact) mass is 318 g/mol. The van der Waals surface area contributed by atoms with Crippen LogP contribution in [0, 0.1) is 0 Å². The summed E-state index contributed by atoms with van der Waals surface area (Å²) in [5.41, 5.74) is 0. The third-order valence-corrected chi connectivity index (χ3v) is 6.10. The highest BCUT2D eigenvalue weighted by molar-refractivity contribution is 7.89. The fourth-order valence-corrected chi connectivity index (χ4v) is 4.69. The summed E-state index contributed by atoms with van der Waals surface area (Å²) in [5.74, 6) is -1.34. The van der Waals surface area contributed by atoms with Crippen LogP contribution in [-0.2, 0) is 14.8 Å². The average molecular weight is 318 g/mol. The van der Waals surface area contributed by atoms with Crippen molar-refractivity contribution in [2.24, 2.45) is 0 Å². The van der Waals surface area contributed by atoms with E-state index in [0.29, 0.717) is 13.1 Å². The Balaban J connectivity index is 2.22. The van der Waals surface area contributed by atoms with E-state index in [-0.39, 0.29) is 28.8 Å². The highest BCUT2D eigenvalue weighted by atomic mass is 32.2. The third kappa shape index (κ3) is 2.69. The Morgan fingerprint density at radius 3 is 2.35 bits per heavy atom. The maximum absolute atomic E-state index is 12.4. The Morgan fingerprint density at radius 2 is 1.85 bits per heavy atom. The topological polar surface area (TPSA) is 95.0 Å². The number of carbonyl (C=O) groups excluding carboxylic acids is 1. The lowest BCUT2D eigenvalue weighted by Crippen LogP contribution is -2.50. The van der Waals surface area contributed by atoms with Crippen molar-refractivity contribution < 1.29 is 23.1 Å². The summed E-state index contributed by atoms with van der Waals surface area (Å²) >= 11 is 0.884. The van der Waals surface area contributed by atoms with Gasteiger partial charge in [0, 0.05) is 33.1 Å². The number of hydrogen-bond donors (Lipinski definition) is 1. The van der Waals surface area contributed by atoms with Crippen LogP contribution in [-0.4, -0.2) is 60.8 Å². The van der Waals surface area contributed by atoms with E-state index >= 15 is 0 Å². The van der Waals surface area contributed by atoms with Crippen molar-refractivity contribution in [2.75, 3.05) is 26.2 Å². The Hall–Kier alpha value is -1.45. The molecule has 0 spiro atoms. The van der Waals surface area contributed by atoms with Crippen molar-refractivity contribution in [3.8, 4) is 0 Å². The van der Waals surface area contributed by atoms with Gasteiger partial charge in [-0.1, -0.05) is 0 Å². The molecule has 20 heavy (non-hydrogen) atoms. The summed E-state index contributed by atoms with van der Waals surface area (Å²) in [6.07, 6.45) is 0. The van der Waals surface area contributed by atoms with E-state index in [9.17, 15) is 18.0 Å². The number of nitrogens with zero attached hydrogens (tertiary/aromatic N) is 2. The van der Waals surface area contributed by atoms with E-state index < -0.39 is 16.0 Å². The number of piperazine rings is 1. The molecule has 7 nitrogen and oxygen atoms in total. The van der Waals surface area contributed by atoms with E-state index in [1.807, 2.05) is 0 Å². The molecule has 0 aromatic carbocycles. The first-order chi connectivity index (χ1) is 9.34. The summed E-state index contributed by atoms with van der Waals surface area (Å²) in [6.45, 7) is 2.43. The van der Waals surface area contributed by atoms with Crippen LogP contribution in [0.2, 0.25) is 0 Å². The molecule has 1 fully saturated rings. The molecule has 1 N–H and O–H groups in total. The Bertz CT molecular complexity index is 629. The van der Waals surface area contributed by atoms with Gasteiger partial charge in [-0.05, 0) is 11.4 Å². The van der Waals surface area contributed by atoms with E-state index in [1.54, 1.807) is 4.90 Å². The zero-order valence-electron chi connectivity index (χ0n) is 10.8. The van der Waals surface area contributed by atoms with Gasteiger partial charge in [0.25, 0.3) is 0 Å². The summed E-state index contributed by atoms with van der Waals surface area (Å²) in [4.78, 5) is 23.4. The quantitative estimate of drug-likeness (QED) is 0.865. The van der Waals surface area contributed by atoms with Gasteiger partial charge >= 0.3 is 5.97 Å². The van der Waals surface area contributed by atoms with Gasteiger partial charge in [0.15, 0.2) is 0 Å². The van der Waals surface area contributed by atoms with Crippen LogP contribution in [0.25, 0.3) is 0 Å². The largest absolute Gasteiger partial charge is 0.477 e. The van der Waals surface area contributed by atoms with Crippen LogP contribution >= 0.6 is 11.3 Å². The molecule has 0 atom stereocenters. The Kier molecular flexibility index (Phi) is 4.11. The van der Waals surface area contributed by atoms with Gasteiger partial charge in [-0.15, -0.1) is 11.3 Å². The van der Waals surface area contributed by atoms with Crippen LogP contribution in [0.5, 0.6) is 0 Å². The number of thiophene rings is 1. The zero-order chi connectivity index (χ0) is 14.9. The molecule has 0 aliphatic carbocycles. The third-order valence-electron chi connectivity index (χ3n) is 3.13. The van der Waals surface area contributed by atoms with Crippen molar-refractivity contribution in [3.05, 3.63) is 16.3 Å². The number of rotatable bonds is 3. The fourth-order valence-electron chi connectivity index (χ4n) is 2.04. The molecule has 0 bridgehead atoms. The van der Waals surface area contributed by atoms with Gasteiger partial charge < -0.3 is 10.0 Å². The summed E-state index contributed by atoms with van der Waals surface area (Å²) < 4.78 is 26.1. The number of carbonyl (C=O) groups is 2. The first kappa shape index (κ1) is 14.9. The van der Waals surface area contributed by atoms with E-state index in [4.69, 9.17) is 5.11 Å². The van der Waals surface area contributed by atoms with E-state index in [2.05, 4.69) is 0 Å². The second-order valence-electron chi connectivity index (χ2n) is 4.33. The standard InChI is InChI=1S/C11H14N2O5S2/c1-8(14)12-3-5-13(6-4-12)20(17,18)9-2-7-19-10(9)11(15)16/h2,7H,3-6H2,1H3,(H,15,16). The SMILES string of the molecule is CC(=O)N1CCN(S(=O)(=O)c2ccsc2C(=O)O)CC1. The Morgan fingerprint density at radius 1 is 1.25 bits per heavy atom. The van der Waals surface area contributed by atoms with Gasteiger partial charge in [0.2, 0.25) is 15.9 Å². The summed E-state index contributed by atoms with van der Waals surface area (Å²) in [7, 11) is -3.82. The molecule has 0 unspecified atom stereocenters. The number of carboxylic acid groups (broad SMARTS) is 1. The molecule has 1 saturated heterocycles. The normalized spacial score (nSPS) is 17.1. The minimum absolute atomic E-state index is 0.0937. The minimum atomic E-state index is -3.82. The number of aromatic carboxylic acids is 1. The molecular formula is C11H14N2O5S2. The maximum atomic E-state index is 12.4. The molecular weight excluding hydrogens is 304 g/mol. The summed E-state index contributed by atoms with van der Waals surface area (Å²) in [5, 5.41) is 10.5. The first-order valence-corrected chi connectivity index (χ1v) is 8.22. The molecule has 9 heteroatoms. The lowest BCUT2D eigenvalue weighted by atomic mass is 10.3. The molecule has 2 rings (SSSR count). The van der Waals surface area contributed by atoms with Gasteiger partial charge in [-0.25, -0.2) is 13.2 Å². The van der Waals surface area contributed by atoms with Gasteiger partial charge in [0.1, 0.15) is 9.77 Å². The molecule has 1 aromatic rings. The maximum Gasteiger partial charge on any atom is 0.347 e. The van der Waals surface area contributed by atoms with Crippen LogP contribution in [0.3, 0.4) is 0 Å². The highest BCUT2D eigenvalue weighted by Gasteiger charge is 2.32. The molecule has 110 valence electrons. The molecule has 1 amide bonds. The second kappa shape index (κ2) is 5.51. The van der Waals surface area contributed by atoms with Gasteiger partial charge in [-0.3, -0.25) is 4.79 Å². The average Bonchev–Trinajstić information content (AvgIpc) is 2.89. The van der Waals surface area contributed by atoms with E-state index in [0.717, 1.165) is 11.3 Å². The van der Waals surface area contributed by atoms with Crippen molar-refractivity contribution in [3.63, 3.8) is 0 Å². The molecule has 1 aliphatic heterocycles. The van der Waals surface area contributed by atoms with Gasteiger partial charge in [0.05, 0.1) is 0 Å². The van der Waals surface area contributed by atoms with Crippen molar-refractivity contribution in [1.29, 1.82) is 0 Å². The highest BCUT2D eigenvalue weighted by Crippen LogP contribution is 2.26. The zero-order valence-corrected chi connectivity index (χ0v) is 12.4. The van der Waals surface area contributed by atoms with Crippen molar-refractivity contribution >= 4 is 33.2 Å².